The van der Waals surface area contributed by atoms with Gasteiger partial charge in [0.15, 0.2) is 16.1 Å². The smallest absolute Gasteiger partial charge is 0.255 e. The summed E-state index contributed by atoms with van der Waals surface area (Å²) in [6, 6.07) is 15.7. The lowest BCUT2D eigenvalue weighted by molar-refractivity contribution is -0.210. The van der Waals surface area contributed by atoms with Crippen LogP contribution in [-0.4, -0.2) is 53.7 Å². The normalized spacial score (nSPS) is 19.2. The predicted molar refractivity (Wildman–Crippen MR) is 156 cm³/mol. The van der Waals surface area contributed by atoms with Gasteiger partial charge in [-0.15, -0.1) is 0 Å². The van der Waals surface area contributed by atoms with Crippen molar-refractivity contribution in [1.82, 2.24) is 14.8 Å². The lowest BCUT2D eigenvalue weighted by atomic mass is 9.77. The molecule has 10 nitrogen and oxygen atoms in total. The van der Waals surface area contributed by atoms with Crippen molar-refractivity contribution in [3.05, 3.63) is 108 Å². The Bertz CT molecular complexity index is 1690. The summed E-state index contributed by atoms with van der Waals surface area (Å²) in [4.78, 5) is 16.7. The maximum atomic E-state index is 14.9. The summed E-state index contributed by atoms with van der Waals surface area (Å²) in [5.74, 6) is -2.57. The first-order chi connectivity index (χ1) is 20.9. The van der Waals surface area contributed by atoms with Gasteiger partial charge in [-0.25, -0.2) is 26.9 Å². The zero-order valence-electron chi connectivity index (χ0n) is 24.1. The van der Waals surface area contributed by atoms with Crippen LogP contribution in [-0.2, 0) is 31.5 Å². The molecule has 1 amide bonds. The first-order valence-corrected chi connectivity index (χ1v) is 15.8. The van der Waals surface area contributed by atoms with Crippen molar-refractivity contribution in [3.63, 3.8) is 0 Å². The van der Waals surface area contributed by atoms with Crippen molar-refractivity contribution in [2.75, 3.05) is 24.8 Å². The summed E-state index contributed by atoms with van der Waals surface area (Å²) in [7, 11) is -3.33. The van der Waals surface area contributed by atoms with Crippen molar-refractivity contribution in [1.29, 1.82) is 0 Å². The highest BCUT2D eigenvalue weighted by molar-refractivity contribution is 7.90. The fraction of sp³-hybridized carbons (Fsp3) is 0.323. The number of nitrogens with one attached hydrogen (secondary N) is 1. The first-order valence-electron chi connectivity index (χ1n) is 13.9. The average molecular weight is 627 g/mol. The number of benzene rings is 3. The summed E-state index contributed by atoms with van der Waals surface area (Å²) < 4.78 is 65.1. The number of sulfone groups is 1. The number of aromatic nitrogens is 3. The molecule has 2 N–H and O–H groups in total. The van der Waals surface area contributed by atoms with E-state index in [1.54, 1.807) is 31.2 Å². The van der Waals surface area contributed by atoms with Crippen LogP contribution < -0.4 is 5.32 Å². The molecule has 4 aromatic rings. The number of hydrogen-bond donors (Lipinski definition) is 2. The lowest BCUT2D eigenvalue weighted by Gasteiger charge is -2.38. The van der Waals surface area contributed by atoms with Gasteiger partial charge in [-0.1, -0.05) is 25.1 Å². The molecule has 232 valence electrons. The maximum absolute atomic E-state index is 14.9. The van der Waals surface area contributed by atoms with E-state index in [1.165, 1.54) is 47.7 Å². The van der Waals surface area contributed by atoms with Crippen LogP contribution in [0.25, 0.3) is 0 Å². The number of amides is 1. The molecule has 5 rings (SSSR count). The van der Waals surface area contributed by atoms with Crippen LogP contribution in [0.1, 0.15) is 41.1 Å². The topological polar surface area (TPSA) is 133 Å². The van der Waals surface area contributed by atoms with Crippen LogP contribution in [0.4, 0.5) is 14.5 Å². The quantitative estimate of drug-likeness (QED) is 0.263. The molecule has 44 heavy (non-hydrogen) atoms. The molecule has 13 heteroatoms. The van der Waals surface area contributed by atoms with Gasteiger partial charge in [0.2, 0.25) is 0 Å². The molecular weight excluding hydrogens is 594 g/mol. The summed E-state index contributed by atoms with van der Waals surface area (Å²) in [5.41, 5.74) is -0.188. The van der Waals surface area contributed by atoms with Gasteiger partial charge in [0.05, 0.1) is 24.7 Å². The summed E-state index contributed by atoms with van der Waals surface area (Å²) in [5, 5.41) is 18.6. The molecule has 2 unspecified atom stereocenters. The number of anilines is 1. The third-order valence-corrected chi connectivity index (χ3v) is 8.85. The van der Waals surface area contributed by atoms with Crippen LogP contribution in [0.3, 0.4) is 0 Å². The predicted octanol–water partition coefficient (Wildman–Crippen LogP) is 4.49. The number of ether oxygens (including phenoxy) is 2. The largest absolute Gasteiger partial charge is 0.383 e. The van der Waals surface area contributed by atoms with E-state index < -0.39 is 39.3 Å². The summed E-state index contributed by atoms with van der Waals surface area (Å²) >= 11 is 0. The molecule has 1 aliphatic heterocycles. The number of carbonyl (C=O) groups is 1. The Morgan fingerprint density at radius 3 is 2.36 bits per heavy atom. The molecule has 1 fully saturated rings. The Morgan fingerprint density at radius 1 is 1.09 bits per heavy atom. The standard InChI is InChI=1S/C31H32F2N4O6S/c1-20(31(39,17-37-19-34-18-35-37)27-12-7-24(32)14-28(27)33)13-21-15-42-30(43-16-21)23-5-3-22(4-6-23)29(38)36-25-8-10-26(11-9-25)44(2,40)41/h3-12,14,18-21,30,39H,13,15-17H2,1-2H3,(H,36,38). The van der Waals surface area contributed by atoms with Crippen molar-refractivity contribution < 1.29 is 36.6 Å². The molecule has 0 bridgehead atoms. The molecule has 1 aromatic heterocycles. The highest BCUT2D eigenvalue weighted by Gasteiger charge is 2.40. The lowest BCUT2D eigenvalue weighted by Crippen LogP contribution is -2.41. The van der Waals surface area contributed by atoms with E-state index in [0.717, 1.165) is 18.4 Å². The third-order valence-electron chi connectivity index (χ3n) is 7.72. The second-order valence-electron chi connectivity index (χ2n) is 11.0. The molecule has 1 aliphatic rings. The van der Waals surface area contributed by atoms with Gasteiger partial charge in [-0.05, 0) is 54.8 Å². The van der Waals surface area contributed by atoms with Gasteiger partial charge < -0.3 is 19.9 Å². The zero-order valence-corrected chi connectivity index (χ0v) is 24.9. The van der Waals surface area contributed by atoms with Gasteiger partial charge in [0, 0.05) is 40.6 Å². The summed E-state index contributed by atoms with van der Waals surface area (Å²) in [6.07, 6.45) is 3.60. The molecule has 0 radical (unpaired) electrons. The fourth-order valence-electron chi connectivity index (χ4n) is 5.26. The second kappa shape index (κ2) is 12.9. The number of aliphatic hydroxyl groups is 1. The van der Waals surface area contributed by atoms with E-state index >= 15 is 0 Å². The van der Waals surface area contributed by atoms with Crippen LogP contribution in [0.5, 0.6) is 0 Å². The van der Waals surface area contributed by atoms with Crippen molar-refractivity contribution in [3.8, 4) is 0 Å². The number of rotatable bonds is 10. The Labute approximate surface area is 253 Å². The molecule has 0 aliphatic carbocycles. The minimum Gasteiger partial charge on any atom is -0.383 e. The molecular formula is C31H32F2N4O6S. The fourth-order valence-corrected chi connectivity index (χ4v) is 5.89. The summed E-state index contributed by atoms with van der Waals surface area (Å²) in [6.45, 7) is 2.33. The first kappa shape index (κ1) is 31.4. The minimum atomic E-state index is -3.33. The van der Waals surface area contributed by atoms with E-state index in [-0.39, 0.29) is 28.8 Å². The van der Waals surface area contributed by atoms with Gasteiger partial charge in [0.25, 0.3) is 5.91 Å². The average Bonchev–Trinajstić information content (AvgIpc) is 3.50. The number of nitrogens with zero attached hydrogens (tertiary/aromatic N) is 3. The Hall–Kier alpha value is -4.04. The Balaban J connectivity index is 1.19. The SMILES string of the molecule is CC(CC1COC(c2ccc(C(=O)Nc3ccc(S(C)(=O)=O)cc3)cc2)OC1)C(O)(Cn1cncn1)c1ccc(F)cc1F. The number of hydrogen-bond acceptors (Lipinski definition) is 8. The van der Waals surface area contributed by atoms with E-state index in [4.69, 9.17) is 9.47 Å². The maximum Gasteiger partial charge on any atom is 0.255 e. The highest BCUT2D eigenvalue weighted by atomic mass is 32.2. The minimum absolute atomic E-state index is 0.0348. The monoisotopic (exact) mass is 626 g/mol. The van der Waals surface area contributed by atoms with Crippen LogP contribution >= 0.6 is 0 Å². The second-order valence-corrected chi connectivity index (χ2v) is 13.0. The van der Waals surface area contributed by atoms with E-state index in [1.807, 2.05) is 0 Å². The highest BCUT2D eigenvalue weighted by Crippen LogP contribution is 2.38. The zero-order chi connectivity index (χ0) is 31.5. The molecule has 2 atom stereocenters. The van der Waals surface area contributed by atoms with Gasteiger partial charge in [-0.3, -0.25) is 4.79 Å². The Kier molecular flexibility index (Phi) is 9.20. The molecule has 0 spiro atoms. The Morgan fingerprint density at radius 2 is 1.77 bits per heavy atom. The van der Waals surface area contributed by atoms with Gasteiger partial charge in [-0.2, -0.15) is 5.10 Å². The molecule has 0 saturated carbocycles. The van der Waals surface area contributed by atoms with E-state index in [0.29, 0.717) is 36.4 Å². The van der Waals surface area contributed by atoms with Gasteiger partial charge >= 0.3 is 0 Å². The number of halogens is 2. The van der Waals surface area contributed by atoms with E-state index in [9.17, 15) is 27.1 Å². The van der Waals surface area contributed by atoms with Crippen molar-refractivity contribution in [2.24, 2.45) is 11.8 Å². The molecule has 2 heterocycles. The molecule has 3 aromatic carbocycles. The van der Waals surface area contributed by atoms with Crippen LogP contribution in [0.2, 0.25) is 0 Å². The van der Waals surface area contributed by atoms with Crippen molar-refractivity contribution >= 4 is 21.4 Å². The van der Waals surface area contributed by atoms with Gasteiger partial charge in [0.1, 0.15) is 29.9 Å². The van der Waals surface area contributed by atoms with E-state index in [2.05, 4.69) is 15.4 Å². The van der Waals surface area contributed by atoms with Crippen molar-refractivity contribution in [2.45, 2.75) is 36.7 Å². The van der Waals surface area contributed by atoms with Crippen LogP contribution in [0, 0.1) is 23.5 Å². The third kappa shape index (κ3) is 7.18. The number of carbonyl (C=O) groups excluding carboxylic acids is 1. The molecule has 1 saturated heterocycles. The van der Waals surface area contributed by atoms with Crippen LogP contribution in [0.15, 0.2) is 84.3 Å².